The van der Waals surface area contributed by atoms with Crippen molar-refractivity contribution in [3.63, 3.8) is 0 Å². The first-order chi connectivity index (χ1) is 62.2. The molecule has 0 spiro atoms. The van der Waals surface area contributed by atoms with Gasteiger partial charge in [-0.2, -0.15) is 26.3 Å². The maximum Gasteiger partial charge on any atom is 0.401 e. The van der Waals surface area contributed by atoms with Crippen LogP contribution in [0.1, 0.15) is 329 Å². The number of benzene rings is 2. The van der Waals surface area contributed by atoms with Gasteiger partial charge in [0.05, 0.1) is 43.1 Å². The Balaban J connectivity index is -0.000000436. The molecule has 10 aliphatic rings. The summed E-state index contributed by atoms with van der Waals surface area (Å²) in [6, 6.07) is 20.6. The SMILES string of the molecule is CC1CCC(CO)CC1.CC1CCN(C)CC1.CC1CCN(C2CC2)CC1.CC1CCN(CC(F)(F)F)CC1.CC1CCN(CCF)CC1.CC1CN(C)C1.CCC(C)(C)O.CCC1CCOC1.CCC1COC1.CCCC(C)(C)O.CCCCO.CCCCOC.CCCO.CCCOC.CCc1ccccc1.CS(=O)(=O)Cc1ccccc1.C[C@@H]1CCN(CCC(F)(F)F)C1. The molecular formula is C107H211F7N6O11S. The number of piperidine rings is 4. The lowest BCUT2D eigenvalue weighted by Gasteiger charge is -2.33. The lowest BCUT2D eigenvalue weighted by molar-refractivity contribution is -0.148. The fraction of sp³-hybridized carbons (Fsp3) is 0.888. The van der Waals surface area contributed by atoms with Gasteiger partial charge in [0.1, 0.15) is 6.67 Å². The lowest BCUT2D eigenvalue weighted by atomic mass is 9.84. The summed E-state index contributed by atoms with van der Waals surface area (Å²) >= 11 is 0. The molecule has 2 saturated carbocycles. The van der Waals surface area contributed by atoms with Crippen LogP contribution in [0.25, 0.3) is 0 Å². The Morgan fingerprint density at radius 3 is 1.11 bits per heavy atom. The van der Waals surface area contributed by atoms with Crippen molar-refractivity contribution in [2.45, 2.75) is 360 Å². The normalized spacial score (nSPS) is 20.6. The van der Waals surface area contributed by atoms with E-state index in [0.717, 1.165) is 189 Å². The molecule has 132 heavy (non-hydrogen) atoms. The summed E-state index contributed by atoms with van der Waals surface area (Å²) in [5, 5.41) is 42.6. The van der Waals surface area contributed by atoms with Gasteiger partial charge >= 0.3 is 12.4 Å². The highest BCUT2D eigenvalue weighted by Crippen LogP contribution is 2.32. The number of hydrogen-bond acceptors (Lipinski definition) is 17. The number of aryl methyl sites for hydroxylation is 1. The van der Waals surface area contributed by atoms with Gasteiger partial charge in [-0.1, -0.05) is 210 Å². The van der Waals surface area contributed by atoms with Crippen molar-refractivity contribution >= 4 is 9.84 Å². The standard InChI is InChI=1S/C9H17N.2C8H14F3N.C8H16FN.C8H10O2S.C8H16O.C8H10.C7H15N.C6H12O.C6H14O.C5H11N.C5H10O.2C5H12O.2C4H10O.C3H8O/c1-8-4-6-10(7-5-8)9-2-3-9;1-7-2-4-12(6-7)5-3-8(9,10)11;1-7-2-4-12(5-3-7)6-8(9,10)11;1-8-2-5-10(6-3-8)7-4-9;1-11(9,10)7-8-5-3-2-4-6-8;1-7-2-4-8(6-9)5-3-7;1-2-8-6-4-3-5-7-8;1-7-3-5-8(2)6-4-7;1-2-6-3-4-7-5-6;1-4-5-6(2,3)7;1-5-3-6(2)4-5;1-2-5-3-6-4-5;1-4-5(2,3)6;1-3-4-5-6-2;1-3-4-5-2;1-2-3-4-5;1-2-3-4/h8-9H,2-7H2,1H3;2*7H,2-6H2,1H3;8H,2-7H2,1H3;2-6H,7H2,1H3;7-9H,2-6H2,1H3;3-7H,2H2,1H3;7H,3-6H2,1-2H3;6H,2-5H2,1H3;7H,4-5H2,1-3H3;5H,3-4H2,1-2H3;5H,2-4H2,1H3;6H,4H2,1-3H3;3-5H2,1-2H3;3-4H2,1-2H3;5H,2-4H2,1H3;4H,2-3H2,1H3/t;7-;;;;;;;;;;;;;;;/m.1.............../s1. The zero-order valence-electron chi connectivity index (χ0n) is 89.4. The van der Waals surface area contributed by atoms with Crippen LogP contribution in [0.4, 0.5) is 30.7 Å². The number of sulfone groups is 1. The molecule has 2 atom stereocenters. The van der Waals surface area contributed by atoms with E-state index < -0.39 is 46.4 Å². The van der Waals surface area contributed by atoms with Gasteiger partial charge in [0.25, 0.3) is 0 Å². The van der Waals surface area contributed by atoms with Gasteiger partial charge in [0.2, 0.25) is 0 Å². The fourth-order valence-corrected chi connectivity index (χ4v) is 15.0. The molecule has 2 aromatic rings. The zero-order valence-corrected chi connectivity index (χ0v) is 90.3. The molecule has 8 heterocycles. The first-order valence-electron chi connectivity index (χ1n) is 51.8. The molecule has 17 nitrogen and oxygen atoms in total. The molecule has 0 bridgehead atoms. The number of hydrogen-bond donors (Lipinski definition) is 5. The van der Waals surface area contributed by atoms with E-state index >= 15 is 0 Å². The van der Waals surface area contributed by atoms with Gasteiger partial charge < -0.3 is 69.0 Å². The van der Waals surface area contributed by atoms with Crippen LogP contribution in [0.5, 0.6) is 0 Å². The smallest absolute Gasteiger partial charge is 0.396 e. The third-order valence-electron chi connectivity index (χ3n) is 24.3. The summed E-state index contributed by atoms with van der Waals surface area (Å²) in [6.07, 6.45) is 25.9. The van der Waals surface area contributed by atoms with Crippen LogP contribution in [0.2, 0.25) is 0 Å². The zero-order chi connectivity index (χ0) is 101. The minimum absolute atomic E-state index is 0.133. The van der Waals surface area contributed by atoms with Gasteiger partial charge in [-0.25, -0.2) is 12.8 Å². The van der Waals surface area contributed by atoms with Crippen molar-refractivity contribution in [2.24, 2.45) is 59.2 Å². The second kappa shape index (κ2) is 88.5. The maximum absolute atomic E-state index is 11.9. The van der Waals surface area contributed by atoms with Crippen molar-refractivity contribution < 1.29 is 83.6 Å². The van der Waals surface area contributed by atoms with Gasteiger partial charge in [-0.15, -0.1) is 0 Å². The molecule has 2 aromatic carbocycles. The van der Waals surface area contributed by atoms with Crippen LogP contribution < -0.4 is 0 Å². The van der Waals surface area contributed by atoms with Crippen molar-refractivity contribution in [3.8, 4) is 0 Å². The molecule has 0 amide bonds. The van der Waals surface area contributed by atoms with E-state index in [1.165, 1.54) is 165 Å². The summed E-state index contributed by atoms with van der Waals surface area (Å²) in [6.45, 7) is 61.7. The number of nitrogens with zero attached hydrogens (tertiary/aromatic N) is 6. The number of unbranched alkanes of at least 4 members (excludes halogenated alkanes) is 2. The monoisotopic (exact) mass is 1920 g/mol. The van der Waals surface area contributed by atoms with Crippen LogP contribution in [-0.2, 0) is 41.0 Å². The van der Waals surface area contributed by atoms with Crippen LogP contribution in [0.3, 0.4) is 0 Å². The van der Waals surface area contributed by atoms with Gasteiger partial charge in [0.15, 0.2) is 9.84 Å². The second-order valence-corrected chi connectivity index (χ2v) is 42.3. The number of alkyl halides is 7. The molecule has 790 valence electrons. The topological polar surface area (TPSA) is 192 Å². The quantitative estimate of drug-likeness (QED) is 0.0521. The molecule has 0 radical (unpaired) electrons. The highest BCUT2D eigenvalue weighted by atomic mass is 32.2. The molecule has 5 N–H and O–H groups in total. The van der Waals surface area contributed by atoms with Crippen LogP contribution in [0.15, 0.2) is 60.7 Å². The molecule has 8 saturated heterocycles. The number of rotatable bonds is 23. The Morgan fingerprint density at radius 1 is 0.432 bits per heavy atom. The Labute approximate surface area is 808 Å². The van der Waals surface area contributed by atoms with Gasteiger partial charge in [0, 0.05) is 111 Å². The number of ether oxygens (including phenoxy) is 4. The average molecular weight is 1920 g/mol. The molecular weight excluding hydrogens is 1710 g/mol. The molecule has 25 heteroatoms. The van der Waals surface area contributed by atoms with Crippen molar-refractivity contribution in [1.29, 1.82) is 0 Å². The summed E-state index contributed by atoms with van der Waals surface area (Å²) in [4.78, 5) is 13.0. The number of halogens is 7. The third-order valence-corrected chi connectivity index (χ3v) is 25.1. The molecule has 0 aromatic heterocycles. The summed E-state index contributed by atoms with van der Waals surface area (Å²) in [5.41, 5.74) is 1.34. The first kappa shape index (κ1) is 138. The lowest BCUT2D eigenvalue weighted by Crippen LogP contribution is -2.41. The van der Waals surface area contributed by atoms with Crippen molar-refractivity contribution in [1.82, 2.24) is 29.4 Å². The average Bonchev–Trinajstić information content (AvgIpc) is 1.72. The van der Waals surface area contributed by atoms with E-state index in [1.807, 2.05) is 56.9 Å². The molecule has 12 rings (SSSR count). The molecule has 10 fully saturated rings. The summed E-state index contributed by atoms with van der Waals surface area (Å²) in [5.74, 6) is 8.40. The van der Waals surface area contributed by atoms with Crippen LogP contribution >= 0.6 is 0 Å². The van der Waals surface area contributed by atoms with Crippen molar-refractivity contribution in [2.75, 3.05) is 199 Å². The molecule has 8 aliphatic heterocycles. The number of methoxy groups -OCH3 is 2. The Kier molecular flexibility index (Phi) is 92.3. The predicted octanol–water partition coefficient (Wildman–Crippen LogP) is 24.2. The number of likely N-dealkylation sites (tertiary alicyclic amines) is 6. The van der Waals surface area contributed by atoms with Crippen molar-refractivity contribution in [3.05, 3.63) is 71.8 Å². The largest absolute Gasteiger partial charge is 0.401 e. The van der Waals surface area contributed by atoms with Gasteiger partial charge in [-0.05, 0) is 306 Å². The predicted molar refractivity (Wildman–Crippen MR) is 547 cm³/mol. The Bertz CT molecular complexity index is 2730. The highest BCUT2D eigenvalue weighted by molar-refractivity contribution is 7.89. The first-order valence-corrected chi connectivity index (χ1v) is 53.9. The van der Waals surface area contributed by atoms with E-state index in [4.69, 9.17) is 44.5 Å². The molecule has 2 aliphatic carbocycles. The van der Waals surface area contributed by atoms with E-state index in [2.05, 4.69) is 155 Å². The van der Waals surface area contributed by atoms with Crippen LogP contribution in [0, 0.1) is 59.2 Å². The highest BCUT2D eigenvalue weighted by Gasteiger charge is 2.33. The van der Waals surface area contributed by atoms with E-state index in [-0.39, 0.29) is 19.0 Å². The van der Waals surface area contributed by atoms with Gasteiger partial charge in [-0.3, -0.25) is 4.90 Å². The number of aliphatic hydroxyl groups is 5. The fourth-order valence-electron chi connectivity index (χ4n) is 14.2. The van der Waals surface area contributed by atoms with E-state index in [1.54, 1.807) is 40.2 Å². The maximum atomic E-state index is 11.9. The summed E-state index contributed by atoms with van der Waals surface area (Å²) in [7, 11) is 4.92. The summed E-state index contributed by atoms with van der Waals surface area (Å²) < 4.78 is 124. The second-order valence-electron chi connectivity index (χ2n) is 40.1. The van der Waals surface area contributed by atoms with E-state index in [0.29, 0.717) is 57.2 Å². The minimum Gasteiger partial charge on any atom is -0.396 e. The number of aliphatic hydroxyl groups excluding tert-OH is 3. The third kappa shape index (κ3) is 100. The van der Waals surface area contributed by atoms with Crippen LogP contribution in [-0.4, -0.2) is 292 Å². The Hall–Kier alpha value is -2.70. The minimum atomic E-state index is -4.03. The molecule has 1 unspecified atom stereocenters. The Morgan fingerprint density at radius 2 is 0.864 bits per heavy atom. The van der Waals surface area contributed by atoms with E-state index in [9.17, 15) is 39.2 Å².